The maximum Gasteiger partial charge on any atom is 0.221 e. The highest BCUT2D eigenvalue weighted by molar-refractivity contribution is 5.81. The Kier molecular flexibility index (Phi) is 8.02. The van der Waals surface area contributed by atoms with Crippen LogP contribution in [-0.4, -0.2) is 63.7 Å². The Morgan fingerprint density at radius 3 is 2.80 bits per heavy atom. The number of nitrogens with one attached hydrogen (secondary N) is 2. The highest BCUT2D eigenvalue weighted by atomic mass is 16.5. The molecule has 0 radical (unpaired) electrons. The van der Waals surface area contributed by atoms with Crippen LogP contribution < -0.4 is 10.6 Å². The smallest absolute Gasteiger partial charge is 0.221 e. The summed E-state index contributed by atoms with van der Waals surface area (Å²) >= 11 is 0. The van der Waals surface area contributed by atoms with Gasteiger partial charge < -0.3 is 20.3 Å². The van der Waals surface area contributed by atoms with Crippen molar-refractivity contribution in [1.82, 2.24) is 15.5 Å². The molecular weight excluding hydrogens is 256 g/mol. The fourth-order valence-corrected chi connectivity index (χ4v) is 2.23. The van der Waals surface area contributed by atoms with E-state index in [0.717, 1.165) is 45.1 Å². The second-order valence-corrected chi connectivity index (χ2v) is 5.18. The van der Waals surface area contributed by atoms with Gasteiger partial charge in [-0.15, -0.1) is 0 Å². The molecule has 20 heavy (non-hydrogen) atoms. The van der Waals surface area contributed by atoms with Gasteiger partial charge >= 0.3 is 0 Å². The number of rotatable bonds is 7. The van der Waals surface area contributed by atoms with E-state index in [1.807, 2.05) is 14.0 Å². The summed E-state index contributed by atoms with van der Waals surface area (Å²) in [6.07, 6.45) is 2.55. The molecule has 0 spiro atoms. The first kappa shape index (κ1) is 16.8. The largest absolute Gasteiger partial charge is 0.381 e. The maximum absolute atomic E-state index is 11.5. The van der Waals surface area contributed by atoms with Crippen molar-refractivity contribution < 1.29 is 9.53 Å². The molecule has 1 aliphatic rings. The quantitative estimate of drug-likeness (QED) is 0.526. The lowest BCUT2D eigenvalue weighted by atomic mass is 10.1. The summed E-state index contributed by atoms with van der Waals surface area (Å²) < 4.78 is 5.38. The maximum atomic E-state index is 11.5. The number of ether oxygens (including phenoxy) is 1. The fourth-order valence-electron chi connectivity index (χ4n) is 2.23. The van der Waals surface area contributed by atoms with Crippen molar-refractivity contribution in [3.63, 3.8) is 0 Å². The van der Waals surface area contributed by atoms with Crippen LogP contribution in [0.4, 0.5) is 0 Å². The standard InChI is InChI=1S/C14H28N4O2/c1-4-7-16-13(19)5-8-17-14(15-2)18(3)10-12-6-9-20-11-12/h12H,4-11H2,1-3H3,(H,15,17)(H,16,19). The Bertz CT molecular complexity index is 314. The fraction of sp³-hybridized carbons (Fsp3) is 0.857. The molecule has 0 saturated carbocycles. The first-order valence-corrected chi connectivity index (χ1v) is 7.43. The lowest BCUT2D eigenvalue weighted by Gasteiger charge is -2.24. The monoisotopic (exact) mass is 284 g/mol. The Morgan fingerprint density at radius 2 is 2.20 bits per heavy atom. The molecule has 1 atom stereocenters. The summed E-state index contributed by atoms with van der Waals surface area (Å²) in [6, 6.07) is 0. The molecule has 1 saturated heterocycles. The van der Waals surface area contributed by atoms with Crippen LogP contribution in [0.25, 0.3) is 0 Å². The van der Waals surface area contributed by atoms with Crippen LogP contribution in [0.5, 0.6) is 0 Å². The van der Waals surface area contributed by atoms with Crippen molar-refractivity contribution in [2.75, 3.05) is 46.9 Å². The second kappa shape index (κ2) is 9.58. The summed E-state index contributed by atoms with van der Waals surface area (Å²) in [6.45, 7) is 6.02. The van der Waals surface area contributed by atoms with E-state index in [1.165, 1.54) is 0 Å². The molecule has 1 heterocycles. The lowest BCUT2D eigenvalue weighted by molar-refractivity contribution is -0.120. The zero-order valence-electron chi connectivity index (χ0n) is 12.9. The zero-order valence-corrected chi connectivity index (χ0v) is 12.9. The van der Waals surface area contributed by atoms with Gasteiger partial charge in [-0.25, -0.2) is 0 Å². The van der Waals surface area contributed by atoms with E-state index >= 15 is 0 Å². The van der Waals surface area contributed by atoms with E-state index in [2.05, 4.69) is 20.5 Å². The minimum atomic E-state index is 0.0849. The van der Waals surface area contributed by atoms with E-state index in [9.17, 15) is 4.79 Å². The van der Waals surface area contributed by atoms with E-state index in [0.29, 0.717) is 18.9 Å². The molecule has 2 N–H and O–H groups in total. The first-order valence-electron chi connectivity index (χ1n) is 7.43. The molecule has 0 aromatic carbocycles. The summed E-state index contributed by atoms with van der Waals surface area (Å²) in [7, 11) is 3.78. The van der Waals surface area contributed by atoms with E-state index in [4.69, 9.17) is 4.74 Å². The molecule has 1 fully saturated rings. The number of guanidine groups is 1. The van der Waals surface area contributed by atoms with E-state index < -0.39 is 0 Å². The average Bonchev–Trinajstić information content (AvgIpc) is 2.94. The normalized spacial score (nSPS) is 18.9. The number of hydrogen-bond donors (Lipinski definition) is 2. The Hall–Kier alpha value is -1.30. The summed E-state index contributed by atoms with van der Waals surface area (Å²) in [5.41, 5.74) is 0. The number of carbonyl (C=O) groups is 1. The van der Waals surface area contributed by atoms with Gasteiger partial charge in [-0.2, -0.15) is 0 Å². The number of nitrogens with zero attached hydrogens (tertiary/aromatic N) is 2. The summed E-state index contributed by atoms with van der Waals surface area (Å²) in [5.74, 6) is 1.49. The highest BCUT2D eigenvalue weighted by Gasteiger charge is 2.18. The van der Waals surface area contributed by atoms with Gasteiger partial charge in [0.2, 0.25) is 5.91 Å². The van der Waals surface area contributed by atoms with Crippen molar-refractivity contribution in [3.05, 3.63) is 0 Å². The van der Waals surface area contributed by atoms with Gasteiger partial charge in [-0.1, -0.05) is 6.92 Å². The minimum absolute atomic E-state index is 0.0849. The molecule has 0 aromatic rings. The third kappa shape index (κ3) is 6.23. The summed E-state index contributed by atoms with van der Waals surface area (Å²) in [4.78, 5) is 17.8. The van der Waals surface area contributed by atoms with Crippen molar-refractivity contribution in [3.8, 4) is 0 Å². The van der Waals surface area contributed by atoms with Gasteiger partial charge in [0.05, 0.1) is 6.61 Å². The second-order valence-electron chi connectivity index (χ2n) is 5.18. The van der Waals surface area contributed by atoms with Crippen molar-refractivity contribution in [2.45, 2.75) is 26.2 Å². The Morgan fingerprint density at radius 1 is 1.40 bits per heavy atom. The van der Waals surface area contributed by atoms with E-state index in [1.54, 1.807) is 7.05 Å². The number of amides is 1. The number of hydrogen-bond acceptors (Lipinski definition) is 3. The van der Waals surface area contributed by atoms with Crippen LogP contribution in [0.2, 0.25) is 0 Å². The van der Waals surface area contributed by atoms with Gasteiger partial charge in [-0.05, 0) is 12.8 Å². The van der Waals surface area contributed by atoms with Crippen LogP contribution in [0.1, 0.15) is 26.2 Å². The third-order valence-corrected chi connectivity index (χ3v) is 3.34. The Labute approximate surface area is 122 Å². The van der Waals surface area contributed by atoms with Gasteiger partial charge in [-0.3, -0.25) is 9.79 Å². The molecule has 1 aliphatic heterocycles. The van der Waals surface area contributed by atoms with Crippen LogP contribution in [-0.2, 0) is 9.53 Å². The van der Waals surface area contributed by atoms with Crippen molar-refractivity contribution in [1.29, 1.82) is 0 Å². The highest BCUT2D eigenvalue weighted by Crippen LogP contribution is 2.13. The molecule has 0 aromatic heterocycles. The van der Waals surface area contributed by atoms with Gasteiger partial charge in [0, 0.05) is 52.7 Å². The molecular formula is C14H28N4O2. The Balaban J connectivity index is 2.22. The van der Waals surface area contributed by atoms with Crippen molar-refractivity contribution >= 4 is 11.9 Å². The number of aliphatic imine (C=N–C) groups is 1. The lowest BCUT2D eigenvalue weighted by Crippen LogP contribution is -2.42. The van der Waals surface area contributed by atoms with Gasteiger partial charge in [0.25, 0.3) is 0 Å². The topological polar surface area (TPSA) is 66.0 Å². The average molecular weight is 284 g/mol. The number of carbonyl (C=O) groups excluding carboxylic acids is 1. The van der Waals surface area contributed by atoms with Gasteiger partial charge in [0.1, 0.15) is 0 Å². The summed E-state index contributed by atoms with van der Waals surface area (Å²) in [5, 5.41) is 6.09. The molecule has 0 bridgehead atoms. The zero-order chi connectivity index (χ0) is 14.8. The van der Waals surface area contributed by atoms with Crippen LogP contribution in [0.15, 0.2) is 4.99 Å². The SMILES string of the molecule is CCCNC(=O)CCNC(=NC)N(C)CC1CCOC1. The molecule has 1 rings (SSSR count). The third-order valence-electron chi connectivity index (χ3n) is 3.34. The molecule has 6 heteroatoms. The first-order chi connectivity index (χ1) is 9.67. The molecule has 1 amide bonds. The predicted molar refractivity (Wildman–Crippen MR) is 80.8 cm³/mol. The van der Waals surface area contributed by atoms with E-state index in [-0.39, 0.29) is 5.91 Å². The molecule has 1 unspecified atom stereocenters. The molecule has 6 nitrogen and oxygen atoms in total. The van der Waals surface area contributed by atoms with Crippen LogP contribution in [0, 0.1) is 5.92 Å². The predicted octanol–water partition coefficient (Wildman–Crippen LogP) is 0.446. The minimum Gasteiger partial charge on any atom is -0.381 e. The van der Waals surface area contributed by atoms with Crippen molar-refractivity contribution in [2.24, 2.45) is 10.9 Å². The van der Waals surface area contributed by atoms with Crippen LogP contribution in [0.3, 0.4) is 0 Å². The van der Waals surface area contributed by atoms with Crippen LogP contribution >= 0.6 is 0 Å². The molecule has 116 valence electrons. The van der Waals surface area contributed by atoms with Gasteiger partial charge in [0.15, 0.2) is 5.96 Å². The molecule has 0 aliphatic carbocycles.